The van der Waals surface area contributed by atoms with Crippen molar-refractivity contribution in [2.75, 3.05) is 19.0 Å². The van der Waals surface area contributed by atoms with E-state index in [0.29, 0.717) is 12.8 Å². The number of nitrogens with one attached hydrogen (secondary N) is 1. The second-order valence-corrected chi connectivity index (χ2v) is 8.41. The lowest BCUT2D eigenvalue weighted by molar-refractivity contribution is -0.182. The van der Waals surface area contributed by atoms with E-state index in [9.17, 15) is 9.59 Å². The van der Waals surface area contributed by atoms with E-state index in [1.54, 1.807) is 0 Å². The van der Waals surface area contributed by atoms with Gasteiger partial charge in [-0.25, -0.2) is 0 Å². The summed E-state index contributed by atoms with van der Waals surface area (Å²) in [6.07, 6.45) is 4.18. The Morgan fingerprint density at radius 2 is 2.22 bits per heavy atom. The van der Waals surface area contributed by atoms with Crippen molar-refractivity contribution < 1.29 is 19.1 Å². The lowest BCUT2D eigenvalue weighted by Crippen LogP contribution is -2.78. The van der Waals surface area contributed by atoms with Gasteiger partial charge < -0.3 is 19.6 Å². The number of nitrogens with zero attached hydrogens (tertiary/aromatic N) is 1. The fraction of sp³-hybridized carbons (Fsp3) is 0.524. The van der Waals surface area contributed by atoms with Crippen LogP contribution in [0.2, 0.25) is 0 Å². The number of hydrogen-bond donors (Lipinski definition) is 1. The van der Waals surface area contributed by atoms with Crippen molar-refractivity contribution in [3.05, 3.63) is 41.5 Å². The van der Waals surface area contributed by atoms with E-state index in [1.165, 1.54) is 7.11 Å². The molecule has 1 aromatic rings. The van der Waals surface area contributed by atoms with Gasteiger partial charge in [0.25, 0.3) is 0 Å². The first kappa shape index (κ1) is 15.8. The molecule has 3 saturated heterocycles. The van der Waals surface area contributed by atoms with Gasteiger partial charge in [-0.2, -0.15) is 0 Å². The van der Waals surface area contributed by atoms with Gasteiger partial charge >= 0.3 is 5.97 Å². The maximum Gasteiger partial charge on any atom is 0.320 e. The first-order chi connectivity index (χ1) is 13.1. The van der Waals surface area contributed by atoms with Gasteiger partial charge in [-0.3, -0.25) is 9.69 Å². The third-order valence-corrected chi connectivity index (χ3v) is 7.99. The van der Waals surface area contributed by atoms with E-state index in [1.807, 2.05) is 31.2 Å². The summed E-state index contributed by atoms with van der Waals surface area (Å²) >= 11 is 0. The number of anilines is 1. The van der Waals surface area contributed by atoms with Crippen molar-refractivity contribution in [3.63, 3.8) is 0 Å². The third-order valence-electron chi connectivity index (χ3n) is 7.99. The number of fused-ring (bicyclic) bond motifs is 4. The van der Waals surface area contributed by atoms with Crippen LogP contribution in [-0.4, -0.2) is 48.8 Å². The van der Waals surface area contributed by atoms with Gasteiger partial charge in [0.15, 0.2) is 5.72 Å². The van der Waals surface area contributed by atoms with Crippen molar-refractivity contribution >= 4 is 17.9 Å². The molecule has 4 heterocycles. The number of carbonyl (C=O) groups excluding carboxylic acids is 2. The smallest absolute Gasteiger partial charge is 0.320 e. The van der Waals surface area contributed by atoms with Gasteiger partial charge in [-0.15, -0.1) is 0 Å². The molecule has 6 rings (SSSR count). The number of para-hydroxylation sites is 1. The summed E-state index contributed by atoms with van der Waals surface area (Å²) in [4.78, 5) is 28.7. The zero-order valence-corrected chi connectivity index (χ0v) is 15.4. The van der Waals surface area contributed by atoms with Crippen LogP contribution in [0.5, 0.6) is 0 Å². The summed E-state index contributed by atoms with van der Waals surface area (Å²) in [6.45, 7) is 2.73. The molecule has 0 amide bonds. The number of rotatable bonds is 2. The quantitative estimate of drug-likeness (QED) is 0.373. The molecule has 1 aliphatic carbocycles. The van der Waals surface area contributed by atoms with Crippen molar-refractivity contribution in [1.29, 1.82) is 0 Å². The van der Waals surface area contributed by atoms with Gasteiger partial charge in [0.05, 0.1) is 18.6 Å². The highest BCUT2D eigenvalue weighted by Gasteiger charge is 2.87. The number of aldehydes is 1. The summed E-state index contributed by atoms with van der Waals surface area (Å²) in [6, 6.07) is 8.15. The van der Waals surface area contributed by atoms with Crippen molar-refractivity contribution in [2.24, 2.45) is 11.3 Å². The minimum Gasteiger partial charge on any atom is -0.468 e. The summed E-state index contributed by atoms with van der Waals surface area (Å²) in [5, 5.41) is 3.63. The molecule has 4 bridgehead atoms. The van der Waals surface area contributed by atoms with Gasteiger partial charge in [-0.05, 0) is 25.0 Å². The Morgan fingerprint density at radius 1 is 1.41 bits per heavy atom. The van der Waals surface area contributed by atoms with Crippen LogP contribution < -0.4 is 5.32 Å². The fourth-order valence-corrected chi connectivity index (χ4v) is 7.14. The molecule has 1 spiro atoms. The molecule has 4 aliphatic heterocycles. The highest BCUT2D eigenvalue weighted by atomic mass is 16.6. The van der Waals surface area contributed by atoms with E-state index in [2.05, 4.69) is 16.3 Å². The summed E-state index contributed by atoms with van der Waals surface area (Å²) in [7, 11) is 1.38. The van der Waals surface area contributed by atoms with Crippen LogP contribution in [0.25, 0.3) is 0 Å². The number of ether oxygens (including phenoxy) is 2. The predicted octanol–water partition coefficient (Wildman–Crippen LogP) is 1.81. The van der Waals surface area contributed by atoms with Crippen LogP contribution in [0, 0.1) is 11.3 Å². The van der Waals surface area contributed by atoms with Crippen molar-refractivity contribution in [2.45, 2.75) is 43.2 Å². The number of piperidine rings is 2. The molecule has 4 fully saturated rings. The maximum absolute atomic E-state index is 13.4. The molecule has 6 atom stereocenters. The number of carbonyl (C=O) groups is 2. The molecule has 0 radical (unpaired) electrons. The standard InChI is InChI=1S/C21H22N2O4/c1-3-12-10-23-16-8-14(12)19(11-24,18(25)26-2)20-9-17(23)27-21(16,20)22-15-7-5-4-6-13(15)20/h3-7,11,14,16-17,22H,8-10H2,1-2H3/b12-3-. The maximum atomic E-state index is 13.4. The van der Waals surface area contributed by atoms with Crippen LogP contribution in [0.4, 0.5) is 5.69 Å². The van der Waals surface area contributed by atoms with E-state index >= 15 is 0 Å². The molecule has 6 nitrogen and oxygen atoms in total. The molecular formula is C21H22N2O4. The molecular weight excluding hydrogens is 344 g/mol. The average Bonchev–Trinajstić information content (AvgIpc) is 3.30. The zero-order chi connectivity index (χ0) is 18.6. The predicted molar refractivity (Wildman–Crippen MR) is 96.8 cm³/mol. The number of allylic oxidation sites excluding steroid dienone is 1. The Morgan fingerprint density at radius 3 is 2.96 bits per heavy atom. The van der Waals surface area contributed by atoms with Crippen LogP contribution >= 0.6 is 0 Å². The lowest BCUT2D eigenvalue weighted by Gasteiger charge is -2.63. The molecule has 1 N–H and O–H groups in total. The van der Waals surface area contributed by atoms with Gasteiger partial charge in [0.2, 0.25) is 0 Å². The SMILES string of the molecule is C/C=C1/CN2C3CC45c6ccccc6NC4(O3)C2CC1C5(C=O)C(=O)OC. The molecule has 140 valence electrons. The molecule has 1 aromatic carbocycles. The number of esters is 1. The number of hydrogen-bond acceptors (Lipinski definition) is 6. The highest BCUT2D eigenvalue weighted by Crippen LogP contribution is 2.75. The molecule has 1 saturated carbocycles. The Hall–Kier alpha value is -2.18. The van der Waals surface area contributed by atoms with E-state index in [4.69, 9.17) is 9.47 Å². The monoisotopic (exact) mass is 366 g/mol. The Labute approximate surface area is 157 Å². The van der Waals surface area contributed by atoms with Crippen LogP contribution in [0.15, 0.2) is 35.9 Å². The second kappa shape index (κ2) is 4.62. The average molecular weight is 366 g/mol. The van der Waals surface area contributed by atoms with Crippen LogP contribution in [-0.2, 0) is 24.5 Å². The normalized spacial score (nSPS) is 46.9. The van der Waals surface area contributed by atoms with Gasteiger partial charge in [-0.1, -0.05) is 29.8 Å². The molecule has 27 heavy (non-hydrogen) atoms. The minimum absolute atomic E-state index is 0.101. The first-order valence-electron chi connectivity index (χ1n) is 9.60. The highest BCUT2D eigenvalue weighted by molar-refractivity contribution is 5.99. The minimum atomic E-state index is -1.29. The van der Waals surface area contributed by atoms with Gasteiger partial charge in [0.1, 0.15) is 17.9 Å². The Kier molecular flexibility index (Phi) is 2.71. The first-order valence-corrected chi connectivity index (χ1v) is 9.60. The van der Waals surface area contributed by atoms with E-state index in [-0.39, 0.29) is 18.2 Å². The molecule has 6 heteroatoms. The Balaban J connectivity index is 1.75. The molecule has 6 unspecified atom stereocenters. The summed E-state index contributed by atoms with van der Waals surface area (Å²) < 4.78 is 11.9. The zero-order valence-electron chi connectivity index (χ0n) is 15.4. The topological polar surface area (TPSA) is 67.9 Å². The number of methoxy groups -OCH3 is 1. The van der Waals surface area contributed by atoms with E-state index in [0.717, 1.165) is 29.7 Å². The van der Waals surface area contributed by atoms with E-state index < -0.39 is 22.5 Å². The summed E-state index contributed by atoms with van der Waals surface area (Å²) in [5.41, 5.74) is 0.303. The Bertz CT molecular complexity index is 929. The number of benzene rings is 1. The van der Waals surface area contributed by atoms with Crippen LogP contribution in [0.3, 0.4) is 0 Å². The third kappa shape index (κ3) is 1.32. The largest absolute Gasteiger partial charge is 0.468 e. The lowest BCUT2D eigenvalue weighted by atomic mass is 9.42. The molecule has 0 aromatic heterocycles. The van der Waals surface area contributed by atoms with Crippen molar-refractivity contribution in [1.82, 2.24) is 4.90 Å². The molecule has 5 aliphatic rings. The summed E-state index contributed by atoms with van der Waals surface area (Å²) in [5.74, 6) is -0.611. The van der Waals surface area contributed by atoms with Gasteiger partial charge in [0, 0.05) is 24.6 Å². The second-order valence-electron chi connectivity index (χ2n) is 8.41. The van der Waals surface area contributed by atoms with Crippen LogP contribution in [0.1, 0.15) is 25.3 Å². The fourth-order valence-electron chi connectivity index (χ4n) is 7.14. The van der Waals surface area contributed by atoms with Crippen molar-refractivity contribution in [3.8, 4) is 0 Å².